The van der Waals surface area contributed by atoms with Crippen molar-refractivity contribution in [2.45, 2.75) is 19.4 Å². The highest BCUT2D eigenvalue weighted by atomic mass is 79.9. The van der Waals surface area contributed by atoms with Crippen molar-refractivity contribution in [2.24, 2.45) is 0 Å². The van der Waals surface area contributed by atoms with E-state index >= 15 is 0 Å². The number of nitrogens with two attached hydrogens (primary N) is 1. The van der Waals surface area contributed by atoms with E-state index in [4.69, 9.17) is 10.5 Å². The first-order chi connectivity index (χ1) is 10.2. The Labute approximate surface area is 132 Å². The van der Waals surface area contributed by atoms with Crippen LogP contribution >= 0.6 is 15.9 Å². The third kappa shape index (κ3) is 2.18. The number of anilines is 2. The van der Waals surface area contributed by atoms with Gasteiger partial charge in [0.1, 0.15) is 5.75 Å². The van der Waals surface area contributed by atoms with Gasteiger partial charge < -0.3 is 15.4 Å². The zero-order chi connectivity index (χ0) is 14.4. The van der Waals surface area contributed by atoms with Crippen molar-refractivity contribution in [1.29, 1.82) is 0 Å². The van der Waals surface area contributed by atoms with E-state index in [0.717, 1.165) is 48.4 Å². The Kier molecular flexibility index (Phi) is 3.07. The summed E-state index contributed by atoms with van der Waals surface area (Å²) in [7, 11) is 0. The number of hydrogen-bond acceptors (Lipinski definition) is 3. The van der Waals surface area contributed by atoms with Gasteiger partial charge in [-0.3, -0.25) is 0 Å². The zero-order valence-corrected chi connectivity index (χ0v) is 13.3. The molecule has 108 valence electrons. The Morgan fingerprint density at radius 3 is 3.05 bits per heavy atom. The summed E-state index contributed by atoms with van der Waals surface area (Å²) in [6.07, 6.45) is 2.03. The molecular formula is C17H17BrN2O. The van der Waals surface area contributed by atoms with Crippen molar-refractivity contribution in [3.63, 3.8) is 0 Å². The SMILES string of the molecule is Nc1cccc2c1CCN2Cc1cc(Br)cc2c1OCC2. The maximum absolute atomic E-state index is 6.08. The lowest BCUT2D eigenvalue weighted by molar-refractivity contribution is 0.353. The van der Waals surface area contributed by atoms with Gasteiger partial charge in [0.15, 0.2) is 0 Å². The molecule has 2 aliphatic rings. The fourth-order valence-electron chi connectivity index (χ4n) is 3.36. The number of nitrogen functional groups attached to an aromatic ring is 1. The minimum absolute atomic E-state index is 0.794. The van der Waals surface area contributed by atoms with Crippen molar-refractivity contribution < 1.29 is 4.74 Å². The third-order valence-corrected chi connectivity index (χ3v) is 4.80. The summed E-state index contributed by atoms with van der Waals surface area (Å²) >= 11 is 3.61. The van der Waals surface area contributed by atoms with Crippen molar-refractivity contribution >= 4 is 27.3 Å². The van der Waals surface area contributed by atoms with Gasteiger partial charge in [0.2, 0.25) is 0 Å². The monoisotopic (exact) mass is 344 g/mol. The molecule has 4 heteroatoms. The maximum atomic E-state index is 6.08. The second-order valence-corrected chi connectivity index (χ2v) is 6.58. The van der Waals surface area contributed by atoms with Crippen LogP contribution in [-0.2, 0) is 19.4 Å². The van der Waals surface area contributed by atoms with Crippen molar-refractivity contribution in [3.8, 4) is 5.75 Å². The number of halogens is 1. The van der Waals surface area contributed by atoms with Crippen LogP contribution in [0.15, 0.2) is 34.8 Å². The van der Waals surface area contributed by atoms with Crippen LogP contribution in [0.2, 0.25) is 0 Å². The van der Waals surface area contributed by atoms with Crippen LogP contribution in [0, 0.1) is 0 Å². The fraction of sp³-hybridized carbons (Fsp3) is 0.294. The van der Waals surface area contributed by atoms with E-state index < -0.39 is 0 Å². The van der Waals surface area contributed by atoms with E-state index in [1.165, 1.54) is 22.4 Å². The van der Waals surface area contributed by atoms with E-state index in [1.807, 2.05) is 12.1 Å². The summed E-state index contributed by atoms with van der Waals surface area (Å²) in [6.45, 7) is 2.69. The van der Waals surface area contributed by atoms with Gasteiger partial charge >= 0.3 is 0 Å². The molecule has 21 heavy (non-hydrogen) atoms. The topological polar surface area (TPSA) is 38.5 Å². The highest BCUT2D eigenvalue weighted by molar-refractivity contribution is 9.10. The summed E-state index contributed by atoms with van der Waals surface area (Å²) < 4.78 is 6.97. The predicted octanol–water partition coefficient (Wildman–Crippen LogP) is 3.53. The summed E-state index contributed by atoms with van der Waals surface area (Å²) in [5.41, 5.74) is 12.1. The Bertz CT molecular complexity index is 714. The first kappa shape index (κ1) is 13.0. The van der Waals surface area contributed by atoms with E-state index in [2.05, 4.69) is 39.0 Å². The fourth-order valence-corrected chi connectivity index (χ4v) is 3.91. The van der Waals surface area contributed by atoms with Crippen LogP contribution in [0.3, 0.4) is 0 Å². The van der Waals surface area contributed by atoms with Crippen LogP contribution in [0.5, 0.6) is 5.75 Å². The van der Waals surface area contributed by atoms with Crippen LogP contribution in [0.1, 0.15) is 16.7 Å². The molecule has 0 saturated carbocycles. The number of fused-ring (bicyclic) bond motifs is 2. The Balaban J connectivity index is 1.69. The van der Waals surface area contributed by atoms with Gasteiger partial charge in [-0.15, -0.1) is 0 Å². The van der Waals surface area contributed by atoms with E-state index in [-0.39, 0.29) is 0 Å². The quantitative estimate of drug-likeness (QED) is 0.847. The normalized spacial score (nSPS) is 15.8. The zero-order valence-electron chi connectivity index (χ0n) is 11.7. The molecule has 0 fully saturated rings. The second kappa shape index (κ2) is 4.95. The second-order valence-electron chi connectivity index (χ2n) is 5.67. The third-order valence-electron chi connectivity index (χ3n) is 4.35. The molecule has 0 radical (unpaired) electrons. The number of rotatable bonds is 2. The van der Waals surface area contributed by atoms with Gasteiger partial charge in [-0.25, -0.2) is 0 Å². The van der Waals surface area contributed by atoms with Crippen LogP contribution in [-0.4, -0.2) is 13.2 Å². The molecular weight excluding hydrogens is 328 g/mol. The lowest BCUT2D eigenvalue weighted by atomic mass is 10.1. The van der Waals surface area contributed by atoms with E-state index in [1.54, 1.807) is 0 Å². The molecule has 2 N–H and O–H groups in total. The molecule has 3 nitrogen and oxygen atoms in total. The van der Waals surface area contributed by atoms with Gasteiger partial charge in [-0.05, 0) is 36.2 Å². The molecule has 0 aromatic heterocycles. The van der Waals surface area contributed by atoms with E-state index in [0.29, 0.717) is 0 Å². The van der Waals surface area contributed by atoms with Crippen LogP contribution in [0.4, 0.5) is 11.4 Å². The van der Waals surface area contributed by atoms with Gasteiger partial charge in [0.05, 0.1) is 6.61 Å². The molecule has 2 heterocycles. The molecule has 2 aromatic carbocycles. The molecule has 0 saturated heterocycles. The summed E-state index contributed by atoms with van der Waals surface area (Å²) in [4.78, 5) is 2.40. The minimum atomic E-state index is 0.794. The lowest BCUT2D eigenvalue weighted by Crippen LogP contribution is -2.20. The average Bonchev–Trinajstić information content (AvgIpc) is 3.07. The van der Waals surface area contributed by atoms with Gasteiger partial charge in [-0.2, -0.15) is 0 Å². The van der Waals surface area contributed by atoms with Crippen molar-refractivity contribution in [1.82, 2.24) is 0 Å². The van der Waals surface area contributed by atoms with Gasteiger partial charge in [0.25, 0.3) is 0 Å². The summed E-state index contributed by atoms with van der Waals surface area (Å²) in [5, 5.41) is 0. The summed E-state index contributed by atoms with van der Waals surface area (Å²) in [5.74, 6) is 1.08. The smallest absolute Gasteiger partial charge is 0.127 e. The number of ether oxygens (including phenoxy) is 1. The van der Waals surface area contributed by atoms with Crippen LogP contribution < -0.4 is 15.4 Å². The lowest BCUT2D eigenvalue weighted by Gasteiger charge is -2.21. The standard InChI is InChI=1S/C17H17BrN2O/c18-13-8-11-5-7-21-17(11)12(9-13)10-20-6-4-14-15(19)2-1-3-16(14)20/h1-3,8-9H,4-7,10,19H2. The maximum Gasteiger partial charge on any atom is 0.127 e. The molecule has 4 rings (SSSR count). The van der Waals surface area contributed by atoms with Crippen LogP contribution in [0.25, 0.3) is 0 Å². The summed E-state index contributed by atoms with van der Waals surface area (Å²) in [6, 6.07) is 10.5. The molecule has 0 aliphatic carbocycles. The number of nitrogens with zero attached hydrogens (tertiary/aromatic N) is 1. The Morgan fingerprint density at radius 1 is 1.24 bits per heavy atom. The first-order valence-electron chi connectivity index (χ1n) is 7.29. The average molecular weight is 345 g/mol. The Hall–Kier alpha value is -1.68. The largest absolute Gasteiger partial charge is 0.493 e. The van der Waals surface area contributed by atoms with Crippen molar-refractivity contribution in [3.05, 3.63) is 51.5 Å². The molecule has 0 atom stereocenters. The number of benzene rings is 2. The molecule has 2 aromatic rings. The van der Waals surface area contributed by atoms with Gasteiger partial charge in [0, 0.05) is 46.5 Å². The highest BCUT2D eigenvalue weighted by Crippen LogP contribution is 2.37. The number of hydrogen-bond donors (Lipinski definition) is 1. The Morgan fingerprint density at radius 2 is 2.14 bits per heavy atom. The predicted molar refractivity (Wildman–Crippen MR) is 88.9 cm³/mol. The first-order valence-corrected chi connectivity index (χ1v) is 8.08. The minimum Gasteiger partial charge on any atom is -0.493 e. The molecule has 0 unspecified atom stereocenters. The van der Waals surface area contributed by atoms with Crippen molar-refractivity contribution in [2.75, 3.05) is 23.8 Å². The molecule has 0 amide bonds. The van der Waals surface area contributed by atoms with Gasteiger partial charge in [-0.1, -0.05) is 22.0 Å². The molecule has 2 aliphatic heterocycles. The highest BCUT2D eigenvalue weighted by Gasteiger charge is 2.24. The molecule has 0 spiro atoms. The molecule has 0 bridgehead atoms. The van der Waals surface area contributed by atoms with E-state index in [9.17, 15) is 0 Å².